The Hall–Kier alpha value is -1.57. The molecule has 0 aromatic carbocycles. The molecule has 1 rings (SSSR count). The van der Waals surface area contributed by atoms with Crippen LogP contribution in [0.25, 0.3) is 0 Å². The second-order valence-corrected chi connectivity index (χ2v) is 3.67. The van der Waals surface area contributed by atoms with Crippen molar-refractivity contribution in [3.05, 3.63) is 48.0 Å². The Morgan fingerprint density at radius 2 is 2.27 bits per heavy atom. The maximum Gasteiger partial charge on any atom is 0.183 e. The SMILES string of the molecule is C=C(C)C(=O)/C(C)=C/CCc1ccoc1. The van der Waals surface area contributed by atoms with Crippen LogP contribution in [0, 0.1) is 0 Å². The molecule has 0 N–H and O–H groups in total. The van der Waals surface area contributed by atoms with Crippen LogP contribution in [0.2, 0.25) is 0 Å². The van der Waals surface area contributed by atoms with Crippen molar-refractivity contribution < 1.29 is 9.21 Å². The minimum Gasteiger partial charge on any atom is -0.472 e. The molecule has 1 aromatic heterocycles. The Bertz CT molecular complexity index is 369. The molecule has 80 valence electrons. The first-order valence-electron chi connectivity index (χ1n) is 4.99. The lowest BCUT2D eigenvalue weighted by Gasteiger charge is -1.99. The summed E-state index contributed by atoms with van der Waals surface area (Å²) in [6, 6.07) is 1.93. The molecule has 15 heavy (non-hydrogen) atoms. The van der Waals surface area contributed by atoms with Crippen LogP contribution < -0.4 is 0 Å². The molecular formula is C13H16O2. The number of ketones is 1. The first-order valence-corrected chi connectivity index (χ1v) is 4.99. The van der Waals surface area contributed by atoms with Gasteiger partial charge < -0.3 is 4.42 Å². The normalized spacial score (nSPS) is 11.5. The van der Waals surface area contributed by atoms with Crippen LogP contribution in [0.15, 0.2) is 46.8 Å². The van der Waals surface area contributed by atoms with E-state index in [4.69, 9.17) is 4.42 Å². The van der Waals surface area contributed by atoms with Crippen molar-refractivity contribution in [1.29, 1.82) is 0 Å². The number of Topliss-reactive ketones (excluding diaryl/α,β-unsaturated/α-hetero) is 1. The fraction of sp³-hybridized carbons (Fsp3) is 0.308. The van der Waals surface area contributed by atoms with Gasteiger partial charge in [-0.05, 0) is 49.5 Å². The van der Waals surface area contributed by atoms with Crippen LogP contribution in [-0.2, 0) is 11.2 Å². The first-order chi connectivity index (χ1) is 7.11. The smallest absolute Gasteiger partial charge is 0.183 e. The van der Waals surface area contributed by atoms with E-state index in [1.807, 2.05) is 19.1 Å². The van der Waals surface area contributed by atoms with Gasteiger partial charge in [-0.25, -0.2) is 0 Å². The highest BCUT2D eigenvalue weighted by Crippen LogP contribution is 2.08. The van der Waals surface area contributed by atoms with Crippen LogP contribution in [0.5, 0.6) is 0 Å². The van der Waals surface area contributed by atoms with Crippen LogP contribution >= 0.6 is 0 Å². The van der Waals surface area contributed by atoms with Gasteiger partial charge in [0.05, 0.1) is 12.5 Å². The highest BCUT2D eigenvalue weighted by Gasteiger charge is 2.03. The molecule has 1 heterocycles. The van der Waals surface area contributed by atoms with Gasteiger partial charge >= 0.3 is 0 Å². The van der Waals surface area contributed by atoms with E-state index in [1.54, 1.807) is 19.5 Å². The molecule has 0 spiro atoms. The molecule has 0 unspecified atom stereocenters. The number of rotatable bonds is 5. The van der Waals surface area contributed by atoms with E-state index in [9.17, 15) is 4.79 Å². The Morgan fingerprint density at radius 1 is 1.53 bits per heavy atom. The van der Waals surface area contributed by atoms with E-state index in [2.05, 4.69) is 6.58 Å². The van der Waals surface area contributed by atoms with Gasteiger partial charge in [0, 0.05) is 0 Å². The summed E-state index contributed by atoms with van der Waals surface area (Å²) in [5.74, 6) is 0.0437. The molecule has 0 saturated carbocycles. The van der Waals surface area contributed by atoms with E-state index >= 15 is 0 Å². The Balaban J connectivity index is 2.44. The van der Waals surface area contributed by atoms with Crippen LogP contribution in [0.3, 0.4) is 0 Å². The average Bonchev–Trinajstić information content (AvgIpc) is 2.69. The summed E-state index contributed by atoms with van der Waals surface area (Å²) in [5.41, 5.74) is 2.51. The predicted molar refractivity (Wildman–Crippen MR) is 60.6 cm³/mol. The Morgan fingerprint density at radius 3 is 2.80 bits per heavy atom. The third kappa shape index (κ3) is 3.58. The lowest BCUT2D eigenvalue weighted by Crippen LogP contribution is -1.99. The molecule has 0 atom stereocenters. The van der Waals surface area contributed by atoms with Crippen molar-refractivity contribution in [2.24, 2.45) is 0 Å². The molecule has 2 heteroatoms. The Labute approximate surface area is 90.3 Å². The molecular weight excluding hydrogens is 188 g/mol. The largest absolute Gasteiger partial charge is 0.472 e. The molecule has 0 fully saturated rings. The molecule has 0 aliphatic heterocycles. The van der Waals surface area contributed by atoms with Crippen LogP contribution in [0.4, 0.5) is 0 Å². The van der Waals surface area contributed by atoms with Gasteiger partial charge in [0.25, 0.3) is 0 Å². The predicted octanol–water partition coefficient (Wildman–Crippen LogP) is 3.30. The van der Waals surface area contributed by atoms with Crippen LogP contribution in [-0.4, -0.2) is 5.78 Å². The summed E-state index contributed by atoms with van der Waals surface area (Å²) < 4.78 is 4.96. The number of furan rings is 1. The minimum atomic E-state index is 0.0437. The molecule has 0 bridgehead atoms. The molecule has 0 amide bonds. The highest BCUT2D eigenvalue weighted by molar-refractivity contribution is 6.06. The van der Waals surface area contributed by atoms with Crippen molar-refractivity contribution >= 4 is 5.78 Å². The van der Waals surface area contributed by atoms with Gasteiger partial charge in [0.15, 0.2) is 5.78 Å². The van der Waals surface area contributed by atoms with Crippen LogP contribution in [0.1, 0.15) is 25.8 Å². The van der Waals surface area contributed by atoms with Gasteiger partial charge in [-0.15, -0.1) is 0 Å². The lowest BCUT2D eigenvalue weighted by molar-refractivity contribution is -0.112. The summed E-state index contributed by atoms with van der Waals surface area (Å²) in [6.45, 7) is 7.19. The molecule has 0 saturated heterocycles. The van der Waals surface area contributed by atoms with Crippen molar-refractivity contribution in [3.8, 4) is 0 Å². The average molecular weight is 204 g/mol. The number of carbonyl (C=O) groups excluding carboxylic acids is 1. The minimum absolute atomic E-state index is 0.0437. The lowest BCUT2D eigenvalue weighted by atomic mass is 10.1. The van der Waals surface area contributed by atoms with Gasteiger partial charge in [0.1, 0.15) is 0 Å². The van der Waals surface area contributed by atoms with E-state index in [0.717, 1.165) is 24.0 Å². The standard InChI is InChI=1S/C13H16O2/c1-10(2)13(14)11(3)5-4-6-12-7-8-15-9-12/h5,7-9H,1,4,6H2,2-3H3/b11-5+. The third-order valence-corrected chi connectivity index (χ3v) is 2.21. The van der Waals surface area contributed by atoms with Crippen molar-refractivity contribution in [1.82, 2.24) is 0 Å². The van der Waals surface area contributed by atoms with Crippen molar-refractivity contribution in [2.45, 2.75) is 26.7 Å². The second-order valence-electron chi connectivity index (χ2n) is 3.67. The summed E-state index contributed by atoms with van der Waals surface area (Å²) >= 11 is 0. The van der Waals surface area contributed by atoms with Gasteiger partial charge in [0.2, 0.25) is 0 Å². The maximum atomic E-state index is 11.4. The number of allylic oxidation sites excluding steroid dienone is 3. The third-order valence-electron chi connectivity index (χ3n) is 2.21. The zero-order chi connectivity index (χ0) is 11.3. The topological polar surface area (TPSA) is 30.2 Å². The van der Waals surface area contributed by atoms with E-state index in [-0.39, 0.29) is 5.78 Å². The summed E-state index contributed by atoms with van der Waals surface area (Å²) in [6.07, 6.45) is 7.08. The molecule has 0 aliphatic carbocycles. The van der Waals surface area contributed by atoms with Crippen molar-refractivity contribution in [2.75, 3.05) is 0 Å². The zero-order valence-electron chi connectivity index (χ0n) is 9.25. The molecule has 1 aromatic rings. The molecule has 0 radical (unpaired) electrons. The highest BCUT2D eigenvalue weighted by atomic mass is 16.3. The van der Waals surface area contributed by atoms with Gasteiger partial charge in [-0.2, -0.15) is 0 Å². The number of carbonyl (C=O) groups is 1. The molecule has 0 aliphatic rings. The fourth-order valence-electron chi connectivity index (χ4n) is 1.32. The maximum absolute atomic E-state index is 11.4. The number of hydrogen-bond donors (Lipinski definition) is 0. The zero-order valence-corrected chi connectivity index (χ0v) is 9.25. The Kier molecular flexibility index (Phi) is 4.10. The summed E-state index contributed by atoms with van der Waals surface area (Å²) in [5, 5.41) is 0. The van der Waals surface area contributed by atoms with Gasteiger partial charge in [-0.3, -0.25) is 4.79 Å². The summed E-state index contributed by atoms with van der Waals surface area (Å²) in [4.78, 5) is 11.4. The van der Waals surface area contributed by atoms with Crippen molar-refractivity contribution in [3.63, 3.8) is 0 Å². The first kappa shape index (κ1) is 11.5. The second kappa shape index (κ2) is 5.35. The number of aryl methyl sites for hydroxylation is 1. The fourth-order valence-corrected chi connectivity index (χ4v) is 1.32. The van der Waals surface area contributed by atoms with E-state index < -0.39 is 0 Å². The number of hydrogen-bond acceptors (Lipinski definition) is 2. The quantitative estimate of drug-likeness (QED) is 0.689. The summed E-state index contributed by atoms with van der Waals surface area (Å²) in [7, 11) is 0. The van der Waals surface area contributed by atoms with Gasteiger partial charge in [-0.1, -0.05) is 12.7 Å². The van der Waals surface area contributed by atoms with E-state index in [0.29, 0.717) is 5.57 Å². The monoisotopic (exact) mass is 204 g/mol. The molecule has 2 nitrogen and oxygen atoms in total. The van der Waals surface area contributed by atoms with E-state index in [1.165, 1.54) is 0 Å².